The van der Waals surface area contributed by atoms with Gasteiger partial charge in [-0.3, -0.25) is 9.48 Å². The van der Waals surface area contributed by atoms with Crippen LogP contribution in [0.2, 0.25) is 0 Å². The van der Waals surface area contributed by atoms with E-state index in [1.54, 1.807) is 42.4 Å². The van der Waals surface area contributed by atoms with E-state index >= 15 is 0 Å². The Bertz CT molecular complexity index is 1240. The van der Waals surface area contributed by atoms with Crippen molar-refractivity contribution in [2.75, 3.05) is 13.1 Å². The second kappa shape index (κ2) is 6.21. The average Bonchev–Trinajstić information content (AvgIpc) is 3.38. The lowest BCUT2D eigenvalue weighted by atomic mass is 9.95. The highest BCUT2D eigenvalue weighted by atomic mass is 32.2. The van der Waals surface area contributed by atoms with Gasteiger partial charge < -0.3 is 4.90 Å². The first-order chi connectivity index (χ1) is 13.9. The van der Waals surface area contributed by atoms with Crippen LogP contribution in [-0.4, -0.2) is 52.3 Å². The Morgan fingerprint density at radius 1 is 1.14 bits per heavy atom. The van der Waals surface area contributed by atoms with E-state index < -0.39 is 21.0 Å². The van der Waals surface area contributed by atoms with E-state index in [-0.39, 0.29) is 18.4 Å². The summed E-state index contributed by atoms with van der Waals surface area (Å²) in [6.45, 7) is 0.477. The Kier molecular flexibility index (Phi) is 3.86. The van der Waals surface area contributed by atoms with Gasteiger partial charge in [0.25, 0.3) is 5.91 Å². The summed E-state index contributed by atoms with van der Waals surface area (Å²) in [5, 5.41) is 3.36. The third-order valence-electron chi connectivity index (χ3n) is 5.77. The zero-order valence-corrected chi connectivity index (χ0v) is 16.3. The van der Waals surface area contributed by atoms with Gasteiger partial charge in [0, 0.05) is 44.0 Å². The number of rotatable bonds is 2. The Hall–Kier alpha value is -3.07. The van der Waals surface area contributed by atoms with Crippen molar-refractivity contribution in [2.45, 2.75) is 16.1 Å². The van der Waals surface area contributed by atoms with Crippen LogP contribution in [0.25, 0.3) is 11.1 Å². The van der Waals surface area contributed by atoms with Gasteiger partial charge in [-0.05, 0) is 41.5 Å². The number of pyridine rings is 1. The maximum atomic E-state index is 13.1. The van der Waals surface area contributed by atoms with Gasteiger partial charge in [-0.25, -0.2) is 13.4 Å². The number of nitrogens with zero attached hydrogens (tertiary/aromatic N) is 4. The summed E-state index contributed by atoms with van der Waals surface area (Å²) in [5.41, 5.74) is 2.60. The molecule has 1 saturated heterocycles. The van der Waals surface area contributed by atoms with Gasteiger partial charge in [0.05, 0.1) is 10.1 Å². The number of carbonyl (C=O) groups is 1. The SMILES string of the molecule is Cn1nccc1C(=O)N1C[C@H]2c3cc(-c4ccc(F)nc4)ccc3S(=O)(=O)[C@H]2C1. The first-order valence-electron chi connectivity index (χ1n) is 9.13. The maximum absolute atomic E-state index is 13.1. The van der Waals surface area contributed by atoms with Crippen LogP contribution in [0.15, 0.2) is 53.7 Å². The molecule has 2 atom stereocenters. The fourth-order valence-corrected chi connectivity index (χ4v) is 6.45. The van der Waals surface area contributed by atoms with Gasteiger partial charge in [-0.15, -0.1) is 0 Å². The molecule has 5 rings (SSSR count). The first-order valence-corrected chi connectivity index (χ1v) is 10.7. The molecular weight excluding hydrogens is 395 g/mol. The average molecular weight is 412 g/mol. The summed E-state index contributed by atoms with van der Waals surface area (Å²) >= 11 is 0. The zero-order valence-electron chi connectivity index (χ0n) is 15.5. The van der Waals surface area contributed by atoms with Crippen molar-refractivity contribution in [1.29, 1.82) is 0 Å². The van der Waals surface area contributed by atoms with Gasteiger partial charge in [-0.1, -0.05) is 6.07 Å². The minimum absolute atomic E-state index is 0.152. The summed E-state index contributed by atoms with van der Waals surface area (Å²) in [7, 11) is -1.85. The molecule has 0 bridgehead atoms. The highest BCUT2D eigenvalue weighted by Gasteiger charge is 2.51. The largest absolute Gasteiger partial charge is 0.335 e. The molecule has 7 nitrogen and oxygen atoms in total. The monoisotopic (exact) mass is 412 g/mol. The molecule has 4 heterocycles. The Morgan fingerprint density at radius 2 is 1.93 bits per heavy atom. The second-order valence-corrected chi connectivity index (χ2v) is 9.50. The summed E-state index contributed by atoms with van der Waals surface area (Å²) in [5.74, 6) is -1.09. The number of halogens is 1. The summed E-state index contributed by atoms with van der Waals surface area (Å²) in [6, 6.07) is 9.65. The van der Waals surface area contributed by atoms with Gasteiger partial charge in [0.2, 0.25) is 5.95 Å². The molecule has 0 saturated carbocycles. The van der Waals surface area contributed by atoms with Crippen molar-refractivity contribution in [3.05, 3.63) is 66.0 Å². The Morgan fingerprint density at radius 3 is 2.62 bits per heavy atom. The normalized spacial score (nSPS) is 21.8. The lowest BCUT2D eigenvalue weighted by Crippen LogP contribution is -2.32. The summed E-state index contributed by atoms with van der Waals surface area (Å²) < 4.78 is 40.7. The number of likely N-dealkylation sites (tertiary alicyclic amines) is 1. The first kappa shape index (κ1) is 18.0. The van der Waals surface area contributed by atoms with Crippen LogP contribution in [-0.2, 0) is 16.9 Å². The smallest absolute Gasteiger partial charge is 0.272 e. The molecule has 0 N–H and O–H groups in total. The topological polar surface area (TPSA) is 85.2 Å². The predicted molar refractivity (Wildman–Crippen MR) is 102 cm³/mol. The molecule has 9 heteroatoms. The Labute approximate surface area is 166 Å². The summed E-state index contributed by atoms with van der Waals surface area (Å²) in [6.07, 6.45) is 2.96. The van der Waals surface area contributed by atoms with E-state index in [2.05, 4.69) is 10.1 Å². The van der Waals surface area contributed by atoms with Crippen molar-refractivity contribution in [3.8, 4) is 11.1 Å². The third-order valence-corrected chi connectivity index (χ3v) is 8.03. The van der Waals surface area contributed by atoms with Gasteiger partial charge in [0.1, 0.15) is 5.69 Å². The molecule has 148 valence electrons. The van der Waals surface area contributed by atoms with Crippen LogP contribution in [0.1, 0.15) is 22.0 Å². The second-order valence-electron chi connectivity index (χ2n) is 7.36. The number of fused-ring (bicyclic) bond motifs is 3. The number of carbonyl (C=O) groups excluding carboxylic acids is 1. The third kappa shape index (κ3) is 2.68. The standard InChI is InChI=1S/C20H17FN4O3S/c1-24-16(6-7-23-24)20(26)25-10-15-14-8-12(13-3-5-19(21)22-9-13)2-4-17(14)29(27,28)18(15)11-25/h2-9,15,18H,10-11H2,1H3/t15-,18-/m0/s1. The minimum atomic E-state index is -3.53. The van der Waals surface area contributed by atoms with Crippen molar-refractivity contribution < 1.29 is 17.6 Å². The number of hydrogen-bond donors (Lipinski definition) is 0. The van der Waals surface area contributed by atoms with E-state index in [4.69, 9.17) is 0 Å². The lowest BCUT2D eigenvalue weighted by molar-refractivity contribution is 0.0780. The number of sulfone groups is 1. The molecule has 0 unspecified atom stereocenters. The maximum Gasteiger partial charge on any atom is 0.272 e. The van der Waals surface area contributed by atoms with Crippen molar-refractivity contribution in [3.63, 3.8) is 0 Å². The fraction of sp³-hybridized carbons (Fsp3) is 0.250. The van der Waals surface area contributed by atoms with E-state index in [0.29, 0.717) is 28.3 Å². The van der Waals surface area contributed by atoms with Crippen LogP contribution in [0.3, 0.4) is 0 Å². The molecule has 0 radical (unpaired) electrons. The van der Waals surface area contributed by atoms with E-state index in [1.165, 1.54) is 16.9 Å². The van der Waals surface area contributed by atoms with Crippen LogP contribution in [0.4, 0.5) is 4.39 Å². The molecule has 0 aliphatic carbocycles. The number of amides is 1. The summed E-state index contributed by atoms with van der Waals surface area (Å²) in [4.78, 5) is 18.4. The van der Waals surface area contributed by atoms with Crippen LogP contribution >= 0.6 is 0 Å². The predicted octanol–water partition coefficient (Wildman–Crippen LogP) is 2.02. The molecule has 29 heavy (non-hydrogen) atoms. The van der Waals surface area contributed by atoms with Crippen LogP contribution in [0.5, 0.6) is 0 Å². The van der Waals surface area contributed by atoms with Crippen molar-refractivity contribution >= 4 is 15.7 Å². The van der Waals surface area contributed by atoms with Gasteiger partial charge >= 0.3 is 0 Å². The number of hydrogen-bond acceptors (Lipinski definition) is 5. The number of aromatic nitrogens is 3. The van der Waals surface area contributed by atoms with E-state index in [9.17, 15) is 17.6 Å². The Balaban J connectivity index is 1.52. The molecular formula is C20H17FN4O3S. The minimum Gasteiger partial charge on any atom is -0.335 e. The van der Waals surface area contributed by atoms with E-state index in [0.717, 1.165) is 5.56 Å². The number of aryl methyl sites for hydroxylation is 1. The fourth-order valence-electron chi connectivity index (χ4n) is 4.29. The quantitative estimate of drug-likeness (QED) is 0.601. The molecule has 2 aliphatic rings. The molecule has 0 spiro atoms. The van der Waals surface area contributed by atoms with Gasteiger partial charge in [-0.2, -0.15) is 9.49 Å². The highest BCUT2D eigenvalue weighted by molar-refractivity contribution is 7.92. The molecule has 3 aromatic rings. The molecule has 2 aromatic heterocycles. The highest BCUT2D eigenvalue weighted by Crippen LogP contribution is 2.46. The zero-order chi connectivity index (χ0) is 20.3. The molecule has 1 amide bonds. The van der Waals surface area contributed by atoms with Crippen LogP contribution < -0.4 is 0 Å². The van der Waals surface area contributed by atoms with Crippen molar-refractivity contribution in [1.82, 2.24) is 19.7 Å². The van der Waals surface area contributed by atoms with Gasteiger partial charge in [0.15, 0.2) is 9.84 Å². The van der Waals surface area contributed by atoms with E-state index in [1.807, 2.05) is 6.07 Å². The number of benzene rings is 1. The van der Waals surface area contributed by atoms with Crippen LogP contribution in [0, 0.1) is 5.95 Å². The molecule has 2 aliphatic heterocycles. The molecule has 1 aromatic carbocycles. The lowest BCUT2D eigenvalue weighted by Gasteiger charge is -2.18. The molecule has 1 fully saturated rings. The van der Waals surface area contributed by atoms with Crippen molar-refractivity contribution in [2.24, 2.45) is 7.05 Å².